The zero-order valence-electron chi connectivity index (χ0n) is 10.2. The maximum atomic E-state index is 5.71. The van der Waals surface area contributed by atoms with Crippen molar-refractivity contribution in [2.75, 3.05) is 18.0 Å². The minimum atomic E-state index is 0.948. The fourth-order valence-corrected chi connectivity index (χ4v) is 1.95. The van der Waals surface area contributed by atoms with E-state index in [1.165, 1.54) is 5.69 Å². The second kappa shape index (κ2) is 4.52. The first-order valence-electron chi connectivity index (χ1n) is 5.83. The Balaban J connectivity index is 2.49. The van der Waals surface area contributed by atoms with E-state index in [-0.39, 0.29) is 0 Å². The molecule has 0 aliphatic carbocycles. The average Bonchev–Trinajstić information content (AvgIpc) is 2.30. The summed E-state index contributed by atoms with van der Waals surface area (Å²) in [5, 5.41) is 1.15. The van der Waals surface area contributed by atoms with E-state index in [1.807, 2.05) is 13.0 Å². The van der Waals surface area contributed by atoms with Gasteiger partial charge in [0, 0.05) is 24.8 Å². The van der Waals surface area contributed by atoms with E-state index in [4.69, 9.17) is 4.42 Å². The Morgan fingerprint density at radius 1 is 1.06 bits per heavy atom. The van der Waals surface area contributed by atoms with Gasteiger partial charge in [-0.2, -0.15) is 0 Å². The van der Waals surface area contributed by atoms with Crippen LogP contribution in [0.2, 0.25) is 0 Å². The molecule has 0 atom stereocenters. The number of fused-ring (bicyclic) bond motifs is 1. The van der Waals surface area contributed by atoms with Gasteiger partial charge in [0.05, 0.1) is 18.4 Å². The first-order chi connectivity index (χ1) is 7.74. The van der Waals surface area contributed by atoms with Gasteiger partial charge in [0.1, 0.15) is 0 Å². The lowest BCUT2D eigenvalue weighted by atomic mass is 10.2. The molecule has 2 aromatic rings. The van der Waals surface area contributed by atoms with Gasteiger partial charge in [-0.1, -0.05) is 0 Å². The molecule has 1 aromatic carbocycles. The summed E-state index contributed by atoms with van der Waals surface area (Å²) in [6.07, 6.45) is 0. The lowest BCUT2D eigenvalue weighted by Crippen LogP contribution is -2.21. The zero-order valence-corrected chi connectivity index (χ0v) is 10.2. The van der Waals surface area contributed by atoms with E-state index in [2.05, 4.69) is 43.0 Å². The van der Waals surface area contributed by atoms with Crippen molar-refractivity contribution in [2.24, 2.45) is 0 Å². The predicted octanol–water partition coefficient (Wildman–Crippen LogP) is 3.87. The molecule has 0 aliphatic rings. The van der Waals surface area contributed by atoms with Crippen LogP contribution in [0.5, 0.6) is 0 Å². The third-order valence-electron chi connectivity index (χ3n) is 2.89. The maximum absolute atomic E-state index is 5.71. The lowest BCUT2D eigenvalue weighted by molar-refractivity contribution is 0.566. The molecule has 1 aromatic heterocycles. The Hall–Kier alpha value is -1.57. The molecule has 0 aliphatic heterocycles. The van der Waals surface area contributed by atoms with Crippen LogP contribution in [0, 0.1) is 6.92 Å². The summed E-state index contributed by atoms with van der Waals surface area (Å²) in [5.41, 5.74) is 2.19. The summed E-state index contributed by atoms with van der Waals surface area (Å²) in [6.45, 7) is 8.35. The van der Waals surface area contributed by atoms with E-state index in [0.29, 0.717) is 0 Å². The van der Waals surface area contributed by atoms with Crippen molar-refractivity contribution in [3.8, 4) is 0 Å². The lowest BCUT2D eigenvalue weighted by Gasteiger charge is -2.19. The molecule has 2 nitrogen and oxygen atoms in total. The summed E-state index contributed by atoms with van der Waals surface area (Å²) in [5.74, 6) is 0.948. The molecule has 0 unspecified atom stereocenters. The van der Waals surface area contributed by atoms with Crippen molar-refractivity contribution in [1.29, 1.82) is 0 Å². The van der Waals surface area contributed by atoms with Gasteiger partial charge in [0.15, 0.2) is 0 Å². The highest BCUT2D eigenvalue weighted by Crippen LogP contribution is 2.22. The van der Waals surface area contributed by atoms with Crippen LogP contribution in [0.25, 0.3) is 11.0 Å². The molecular weight excluding hydrogens is 198 g/mol. The van der Waals surface area contributed by atoms with Crippen molar-refractivity contribution in [1.82, 2.24) is 0 Å². The summed E-state index contributed by atoms with van der Waals surface area (Å²) in [4.78, 5) is 2.32. The van der Waals surface area contributed by atoms with E-state index >= 15 is 0 Å². The number of anilines is 1. The Labute approximate surface area is 96.5 Å². The molecule has 0 amide bonds. The number of nitrogens with zero attached hydrogens (tertiary/aromatic N) is 1. The molecule has 2 rings (SSSR count). The van der Waals surface area contributed by atoms with Gasteiger partial charge in [-0.3, -0.25) is 0 Å². The third-order valence-corrected chi connectivity index (χ3v) is 2.89. The molecule has 0 spiro atoms. The fourth-order valence-electron chi connectivity index (χ4n) is 1.95. The summed E-state index contributed by atoms with van der Waals surface area (Å²) >= 11 is 0. The SMILES string of the molecule is CCN(CC)c1ccc2ccc(C)[o+]c2c1. The summed E-state index contributed by atoms with van der Waals surface area (Å²) < 4.78 is 5.71. The van der Waals surface area contributed by atoms with Gasteiger partial charge in [-0.05, 0) is 32.0 Å². The Morgan fingerprint density at radius 2 is 1.75 bits per heavy atom. The predicted molar refractivity (Wildman–Crippen MR) is 68.9 cm³/mol. The Bertz CT molecular complexity index is 489. The molecule has 0 radical (unpaired) electrons. The summed E-state index contributed by atoms with van der Waals surface area (Å²) in [6, 6.07) is 10.5. The number of hydrogen-bond acceptors (Lipinski definition) is 1. The van der Waals surface area contributed by atoms with Crippen molar-refractivity contribution in [2.45, 2.75) is 20.8 Å². The van der Waals surface area contributed by atoms with Crippen LogP contribution >= 0.6 is 0 Å². The van der Waals surface area contributed by atoms with Crippen molar-refractivity contribution < 1.29 is 4.42 Å². The molecule has 84 valence electrons. The van der Waals surface area contributed by atoms with Crippen molar-refractivity contribution >= 4 is 16.7 Å². The van der Waals surface area contributed by atoms with E-state index in [0.717, 1.165) is 29.8 Å². The highest BCUT2D eigenvalue weighted by atomic mass is 16.3. The first kappa shape index (κ1) is 10.9. The molecule has 1 heterocycles. The normalized spacial score (nSPS) is 10.7. The van der Waals surface area contributed by atoms with Crippen LogP contribution < -0.4 is 4.90 Å². The van der Waals surface area contributed by atoms with Gasteiger partial charge in [-0.15, -0.1) is 0 Å². The molecule has 16 heavy (non-hydrogen) atoms. The number of rotatable bonds is 3. The smallest absolute Gasteiger partial charge is 0.362 e. The molecule has 0 fully saturated rings. The van der Waals surface area contributed by atoms with Gasteiger partial charge in [0.25, 0.3) is 0 Å². The molecule has 2 heteroatoms. The van der Waals surface area contributed by atoms with Gasteiger partial charge < -0.3 is 4.90 Å². The fraction of sp³-hybridized carbons (Fsp3) is 0.357. The topological polar surface area (TPSA) is 14.5 Å². The van der Waals surface area contributed by atoms with Crippen LogP contribution in [0.4, 0.5) is 5.69 Å². The van der Waals surface area contributed by atoms with Crippen LogP contribution in [-0.4, -0.2) is 13.1 Å². The Kier molecular flexibility index (Phi) is 3.09. The second-order valence-corrected chi connectivity index (χ2v) is 3.94. The van der Waals surface area contributed by atoms with Crippen molar-refractivity contribution in [3.05, 3.63) is 36.1 Å². The van der Waals surface area contributed by atoms with Crippen LogP contribution in [0.3, 0.4) is 0 Å². The van der Waals surface area contributed by atoms with E-state index < -0.39 is 0 Å². The number of benzene rings is 1. The second-order valence-electron chi connectivity index (χ2n) is 3.94. The largest absolute Gasteiger partial charge is 0.372 e. The van der Waals surface area contributed by atoms with Gasteiger partial charge >= 0.3 is 11.3 Å². The molecule has 0 bridgehead atoms. The van der Waals surface area contributed by atoms with E-state index in [9.17, 15) is 0 Å². The summed E-state index contributed by atoms with van der Waals surface area (Å²) in [7, 11) is 0. The van der Waals surface area contributed by atoms with Gasteiger partial charge in [0.2, 0.25) is 0 Å². The van der Waals surface area contributed by atoms with Crippen LogP contribution in [0.1, 0.15) is 19.6 Å². The number of aryl methyl sites for hydroxylation is 1. The zero-order chi connectivity index (χ0) is 11.5. The molecule has 0 saturated carbocycles. The Morgan fingerprint density at radius 3 is 2.44 bits per heavy atom. The van der Waals surface area contributed by atoms with Gasteiger partial charge in [-0.25, -0.2) is 4.42 Å². The monoisotopic (exact) mass is 216 g/mol. The minimum Gasteiger partial charge on any atom is -0.372 e. The maximum Gasteiger partial charge on any atom is 0.362 e. The third kappa shape index (κ3) is 2.01. The van der Waals surface area contributed by atoms with Crippen molar-refractivity contribution in [3.63, 3.8) is 0 Å². The quantitative estimate of drug-likeness (QED) is 0.723. The van der Waals surface area contributed by atoms with Crippen LogP contribution in [0.15, 0.2) is 34.7 Å². The van der Waals surface area contributed by atoms with Crippen LogP contribution in [-0.2, 0) is 0 Å². The average molecular weight is 216 g/mol. The molecule has 0 N–H and O–H groups in total. The highest BCUT2D eigenvalue weighted by Gasteiger charge is 2.11. The molecular formula is C14H18NO+. The van der Waals surface area contributed by atoms with E-state index in [1.54, 1.807) is 0 Å². The highest BCUT2D eigenvalue weighted by molar-refractivity contribution is 5.80. The minimum absolute atomic E-state index is 0.948. The molecule has 0 saturated heterocycles. The first-order valence-corrected chi connectivity index (χ1v) is 5.83. The standard InChI is InChI=1S/C14H18NO/c1-4-15(5-2)13-9-8-12-7-6-11(3)16-14(12)10-13/h6-10H,4-5H2,1-3H3/q+1. The number of hydrogen-bond donors (Lipinski definition) is 0.